The second-order valence-electron chi connectivity index (χ2n) is 4.76. The zero-order valence-electron chi connectivity index (χ0n) is 11.7. The molecule has 0 aromatic heterocycles. The molecule has 4 nitrogen and oxygen atoms in total. The molecule has 0 heterocycles. The monoisotopic (exact) mass is 265 g/mol. The number of carbonyl (C=O) groups is 1. The van der Waals surface area contributed by atoms with Crippen molar-refractivity contribution in [1.29, 1.82) is 0 Å². The van der Waals surface area contributed by atoms with E-state index in [0.29, 0.717) is 19.6 Å². The number of hydrogen-bond acceptors (Lipinski definition) is 4. The molecule has 2 N–H and O–H groups in total. The molecule has 1 aromatic carbocycles. The molecule has 0 aliphatic heterocycles. The van der Waals surface area contributed by atoms with Gasteiger partial charge in [-0.3, -0.25) is 4.79 Å². The highest BCUT2D eigenvalue weighted by molar-refractivity contribution is 5.79. The van der Waals surface area contributed by atoms with Crippen LogP contribution in [0.3, 0.4) is 0 Å². The van der Waals surface area contributed by atoms with E-state index in [1.54, 1.807) is 13.8 Å². The van der Waals surface area contributed by atoms with Gasteiger partial charge in [0, 0.05) is 0 Å². The maximum Gasteiger partial charge on any atom is 0.325 e. The first kappa shape index (κ1) is 15.5. The molecule has 0 radical (unpaired) electrons. The Morgan fingerprint density at radius 3 is 2.58 bits per heavy atom. The molecule has 0 aliphatic rings. The van der Waals surface area contributed by atoms with Crippen LogP contribution in [0.5, 0.6) is 5.75 Å². The average Bonchev–Trinajstić information content (AvgIpc) is 2.39. The minimum Gasteiger partial charge on any atom is -0.494 e. The number of unbranched alkanes of at least 4 members (excludes halogenated alkanes) is 1. The van der Waals surface area contributed by atoms with E-state index in [9.17, 15) is 4.79 Å². The SMILES string of the molecule is CCOC(=O)C(C)(N)CCCCOc1ccccc1. The van der Waals surface area contributed by atoms with E-state index in [0.717, 1.165) is 18.6 Å². The van der Waals surface area contributed by atoms with Crippen molar-refractivity contribution in [2.24, 2.45) is 5.73 Å². The quantitative estimate of drug-likeness (QED) is 0.579. The van der Waals surface area contributed by atoms with Crippen LogP contribution in [0.4, 0.5) is 0 Å². The fraction of sp³-hybridized carbons (Fsp3) is 0.533. The third-order valence-electron chi connectivity index (χ3n) is 2.84. The number of carbonyl (C=O) groups excluding carboxylic acids is 1. The summed E-state index contributed by atoms with van der Waals surface area (Å²) in [6.07, 6.45) is 2.30. The Balaban J connectivity index is 2.18. The molecule has 1 aromatic rings. The highest BCUT2D eigenvalue weighted by Crippen LogP contribution is 2.14. The molecule has 0 amide bonds. The first-order valence-electron chi connectivity index (χ1n) is 6.70. The summed E-state index contributed by atoms with van der Waals surface area (Å²) >= 11 is 0. The van der Waals surface area contributed by atoms with Crippen LogP contribution >= 0.6 is 0 Å². The topological polar surface area (TPSA) is 61.5 Å². The average molecular weight is 265 g/mol. The lowest BCUT2D eigenvalue weighted by atomic mass is 9.96. The summed E-state index contributed by atoms with van der Waals surface area (Å²) in [6, 6.07) is 9.67. The molecule has 106 valence electrons. The van der Waals surface area contributed by atoms with Gasteiger partial charge in [-0.05, 0) is 45.2 Å². The number of ether oxygens (including phenoxy) is 2. The van der Waals surface area contributed by atoms with Crippen molar-refractivity contribution in [1.82, 2.24) is 0 Å². The molecule has 1 atom stereocenters. The van der Waals surface area contributed by atoms with Gasteiger partial charge in [-0.1, -0.05) is 18.2 Å². The van der Waals surface area contributed by atoms with Gasteiger partial charge in [0.2, 0.25) is 0 Å². The van der Waals surface area contributed by atoms with Crippen molar-refractivity contribution in [2.75, 3.05) is 13.2 Å². The Morgan fingerprint density at radius 2 is 1.95 bits per heavy atom. The first-order valence-corrected chi connectivity index (χ1v) is 6.70. The fourth-order valence-electron chi connectivity index (χ4n) is 1.70. The number of esters is 1. The minimum absolute atomic E-state index is 0.334. The van der Waals surface area contributed by atoms with Crippen molar-refractivity contribution in [2.45, 2.75) is 38.6 Å². The molecule has 19 heavy (non-hydrogen) atoms. The molecule has 0 spiro atoms. The summed E-state index contributed by atoms with van der Waals surface area (Å²) in [5.74, 6) is 0.530. The Labute approximate surface area is 114 Å². The van der Waals surface area contributed by atoms with E-state index in [2.05, 4.69) is 0 Å². The Bertz CT molecular complexity index is 376. The van der Waals surface area contributed by atoms with E-state index in [1.165, 1.54) is 0 Å². The smallest absolute Gasteiger partial charge is 0.325 e. The van der Waals surface area contributed by atoms with E-state index >= 15 is 0 Å². The van der Waals surface area contributed by atoms with Crippen molar-refractivity contribution in [3.63, 3.8) is 0 Å². The maximum absolute atomic E-state index is 11.6. The van der Waals surface area contributed by atoms with E-state index in [-0.39, 0.29) is 5.97 Å². The Hall–Kier alpha value is -1.55. The summed E-state index contributed by atoms with van der Waals surface area (Å²) in [6.45, 7) is 4.48. The molecular weight excluding hydrogens is 242 g/mol. The van der Waals surface area contributed by atoms with Gasteiger partial charge in [0.25, 0.3) is 0 Å². The second-order valence-corrected chi connectivity index (χ2v) is 4.76. The maximum atomic E-state index is 11.6. The molecule has 1 unspecified atom stereocenters. The standard InChI is InChI=1S/C15H23NO3/c1-3-18-14(17)15(2,16)11-7-8-12-19-13-9-5-4-6-10-13/h4-6,9-10H,3,7-8,11-12,16H2,1-2H3. The van der Waals surface area contributed by atoms with Gasteiger partial charge in [0.1, 0.15) is 11.3 Å². The van der Waals surface area contributed by atoms with E-state index in [1.807, 2.05) is 30.3 Å². The van der Waals surface area contributed by atoms with Crippen LogP contribution in [0.2, 0.25) is 0 Å². The van der Waals surface area contributed by atoms with E-state index in [4.69, 9.17) is 15.2 Å². The highest BCUT2D eigenvalue weighted by atomic mass is 16.5. The van der Waals surface area contributed by atoms with Gasteiger partial charge in [-0.25, -0.2) is 0 Å². The largest absolute Gasteiger partial charge is 0.494 e. The molecule has 4 heteroatoms. The summed E-state index contributed by atoms with van der Waals surface area (Å²) in [5, 5.41) is 0. The molecule has 0 fully saturated rings. The van der Waals surface area contributed by atoms with Crippen LogP contribution in [0.1, 0.15) is 33.1 Å². The van der Waals surface area contributed by atoms with Gasteiger partial charge < -0.3 is 15.2 Å². The lowest BCUT2D eigenvalue weighted by Gasteiger charge is -2.21. The number of hydrogen-bond donors (Lipinski definition) is 1. The third kappa shape index (κ3) is 5.75. The normalized spacial score (nSPS) is 13.6. The number of rotatable bonds is 8. The molecule has 0 aliphatic carbocycles. The van der Waals surface area contributed by atoms with Crippen molar-refractivity contribution < 1.29 is 14.3 Å². The van der Waals surface area contributed by atoms with Crippen molar-refractivity contribution in [3.05, 3.63) is 30.3 Å². The summed E-state index contributed by atoms with van der Waals surface area (Å²) in [4.78, 5) is 11.6. The van der Waals surface area contributed by atoms with Crippen LogP contribution in [0, 0.1) is 0 Å². The molecule has 0 saturated heterocycles. The highest BCUT2D eigenvalue weighted by Gasteiger charge is 2.28. The summed E-state index contributed by atoms with van der Waals surface area (Å²) in [7, 11) is 0. The fourth-order valence-corrected chi connectivity index (χ4v) is 1.70. The third-order valence-corrected chi connectivity index (χ3v) is 2.84. The van der Waals surface area contributed by atoms with Gasteiger partial charge in [-0.2, -0.15) is 0 Å². The van der Waals surface area contributed by atoms with Crippen LogP contribution in [0.15, 0.2) is 30.3 Å². The Morgan fingerprint density at radius 1 is 1.26 bits per heavy atom. The number of benzene rings is 1. The van der Waals surface area contributed by atoms with Gasteiger partial charge in [-0.15, -0.1) is 0 Å². The lowest BCUT2D eigenvalue weighted by Crippen LogP contribution is -2.46. The number of nitrogens with two attached hydrogens (primary N) is 1. The van der Waals surface area contributed by atoms with Crippen LogP contribution < -0.4 is 10.5 Å². The van der Waals surface area contributed by atoms with Crippen LogP contribution in [-0.2, 0) is 9.53 Å². The van der Waals surface area contributed by atoms with Crippen molar-refractivity contribution in [3.8, 4) is 5.75 Å². The van der Waals surface area contributed by atoms with Gasteiger partial charge in [0.15, 0.2) is 0 Å². The minimum atomic E-state index is -0.900. The Kier molecular flexibility index (Phi) is 6.36. The predicted molar refractivity (Wildman–Crippen MR) is 75.0 cm³/mol. The van der Waals surface area contributed by atoms with Gasteiger partial charge >= 0.3 is 5.97 Å². The van der Waals surface area contributed by atoms with Crippen molar-refractivity contribution >= 4 is 5.97 Å². The number of para-hydroxylation sites is 1. The van der Waals surface area contributed by atoms with Crippen LogP contribution in [0.25, 0.3) is 0 Å². The second kappa shape index (κ2) is 7.79. The molecule has 1 rings (SSSR count). The zero-order chi connectivity index (χ0) is 14.1. The summed E-state index contributed by atoms with van der Waals surface area (Å²) < 4.78 is 10.5. The molecule has 0 saturated carbocycles. The molecule has 0 bridgehead atoms. The van der Waals surface area contributed by atoms with Gasteiger partial charge in [0.05, 0.1) is 13.2 Å². The van der Waals surface area contributed by atoms with Crippen LogP contribution in [-0.4, -0.2) is 24.7 Å². The zero-order valence-corrected chi connectivity index (χ0v) is 11.7. The first-order chi connectivity index (χ1) is 9.06. The predicted octanol–water partition coefficient (Wildman–Crippen LogP) is 2.52. The summed E-state index contributed by atoms with van der Waals surface area (Å²) in [5.41, 5.74) is 5.02. The molecular formula is C15H23NO3. The van der Waals surface area contributed by atoms with E-state index < -0.39 is 5.54 Å². The lowest BCUT2D eigenvalue weighted by molar-refractivity contribution is -0.149.